The Labute approximate surface area is 151 Å². The highest BCUT2D eigenvalue weighted by molar-refractivity contribution is 7.77. The summed E-state index contributed by atoms with van der Waals surface area (Å²) in [6.45, 7) is 0.313. The quantitative estimate of drug-likeness (QED) is 0.377. The first-order chi connectivity index (χ1) is 12.5. The molecule has 3 rings (SSSR count). The third-order valence-electron chi connectivity index (χ3n) is 3.85. The number of fused-ring (bicyclic) bond motifs is 1. The molecule has 0 fully saturated rings. The van der Waals surface area contributed by atoms with Crippen molar-refractivity contribution in [2.45, 2.75) is 12.8 Å². The summed E-state index contributed by atoms with van der Waals surface area (Å²) in [7, 11) is 0. The summed E-state index contributed by atoms with van der Waals surface area (Å²) in [6.07, 6.45) is 4.07. The van der Waals surface area contributed by atoms with E-state index in [4.69, 9.17) is 4.55 Å². The maximum Gasteiger partial charge on any atom is 0.231 e. The number of ketones is 1. The lowest BCUT2D eigenvalue weighted by atomic mass is 9.98. The summed E-state index contributed by atoms with van der Waals surface area (Å²) in [5, 5.41) is 0.734. The van der Waals surface area contributed by atoms with Crippen molar-refractivity contribution in [3.05, 3.63) is 71.4 Å². The number of aromatic nitrogens is 2. The number of hydrogen-bond donors (Lipinski definition) is 2. The van der Waals surface area contributed by atoms with Gasteiger partial charge < -0.3 is 0 Å². The van der Waals surface area contributed by atoms with Gasteiger partial charge in [-0.2, -0.15) is 0 Å². The fourth-order valence-electron chi connectivity index (χ4n) is 2.67. The predicted octanol–water partition coefficient (Wildman–Crippen LogP) is 2.66. The van der Waals surface area contributed by atoms with Gasteiger partial charge in [-0.3, -0.25) is 9.35 Å². The van der Waals surface area contributed by atoms with Gasteiger partial charge in [-0.25, -0.2) is 23.3 Å². The maximum atomic E-state index is 13.9. The molecule has 0 amide bonds. The summed E-state index contributed by atoms with van der Waals surface area (Å²) in [6, 6.07) is 9.28. The molecule has 0 radical (unpaired) electrons. The Kier molecular flexibility index (Phi) is 5.77. The number of halogens is 1. The Morgan fingerprint density at radius 3 is 2.85 bits per heavy atom. The molecule has 0 aliphatic heterocycles. The molecular weight excluding hydrogens is 357 g/mol. The smallest absolute Gasteiger partial charge is 0.231 e. The van der Waals surface area contributed by atoms with Gasteiger partial charge in [-0.15, -0.1) is 0 Å². The van der Waals surface area contributed by atoms with Crippen LogP contribution in [0.4, 0.5) is 4.39 Å². The number of aryl methyl sites for hydroxylation is 1. The standard InChI is InChI=1S/C18H16FN3O3S/c19-16-7-12(2-1-5-22-26(24)25)6-14(9-16)18(23)13-3-4-17-15(8-13)10-20-11-21-17/h3-4,6-11,22H,1-2,5H2,(H,24,25). The number of nitrogens with one attached hydrogen (secondary N) is 1. The number of benzene rings is 2. The number of nitrogens with zero attached hydrogens (tertiary/aromatic N) is 2. The summed E-state index contributed by atoms with van der Waals surface area (Å²) in [5.41, 5.74) is 2.07. The minimum atomic E-state index is -2.06. The van der Waals surface area contributed by atoms with E-state index >= 15 is 0 Å². The van der Waals surface area contributed by atoms with E-state index in [2.05, 4.69) is 14.7 Å². The van der Waals surface area contributed by atoms with Gasteiger partial charge in [0.15, 0.2) is 5.78 Å². The molecule has 26 heavy (non-hydrogen) atoms. The van der Waals surface area contributed by atoms with Crippen molar-refractivity contribution in [3.63, 3.8) is 0 Å². The monoisotopic (exact) mass is 373 g/mol. The van der Waals surface area contributed by atoms with Crippen molar-refractivity contribution >= 4 is 28.0 Å². The molecular formula is C18H16FN3O3S. The lowest BCUT2D eigenvalue weighted by molar-refractivity contribution is 0.103. The molecule has 1 heterocycles. The summed E-state index contributed by atoms with van der Waals surface area (Å²) in [5.74, 6) is -0.778. The molecule has 0 spiro atoms. The van der Waals surface area contributed by atoms with Gasteiger partial charge in [0.05, 0.1) is 5.52 Å². The molecule has 1 unspecified atom stereocenters. The first kappa shape index (κ1) is 18.2. The molecule has 0 saturated heterocycles. The number of hydrogen-bond acceptors (Lipinski definition) is 4. The van der Waals surface area contributed by atoms with Crippen LogP contribution in [0.5, 0.6) is 0 Å². The Hall–Kier alpha value is -2.55. The molecule has 2 aromatic carbocycles. The van der Waals surface area contributed by atoms with E-state index in [1.54, 1.807) is 30.5 Å². The third-order valence-corrected chi connectivity index (χ3v) is 4.31. The van der Waals surface area contributed by atoms with Gasteiger partial charge in [-0.05, 0) is 54.8 Å². The Morgan fingerprint density at radius 2 is 2.04 bits per heavy atom. The zero-order chi connectivity index (χ0) is 18.5. The Bertz CT molecular complexity index is 981. The fourth-order valence-corrected chi connectivity index (χ4v) is 2.99. The van der Waals surface area contributed by atoms with Crippen molar-refractivity contribution in [1.29, 1.82) is 0 Å². The van der Waals surface area contributed by atoms with Crippen LogP contribution in [0.2, 0.25) is 0 Å². The van der Waals surface area contributed by atoms with Crippen LogP contribution in [0, 0.1) is 5.82 Å². The number of carbonyl (C=O) groups is 1. The van der Waals surface area contributed by atoms with E-state index in [9.17, 15) is 13.4 Å². The van der Waals surface area contributed by atoms with Gasteiger partial charge in [0.2, 0.25) is 11.3 Å². The van der Waals surface area contributed by atoms with E-state index in [1.165, 1.54) is 18.5 Å². The highest BCUT2D eigenvalue weighted by Gasteiger charge is 2.12. The molecule has 6 nitrogen and oxygen atoms in total. The zero-order valence-electron chi connectivity index (χ0n) is 13.7. The maximum absolute atomic E-state index is 13.9. The van der Waals surface area contributed by atoms with E-state index < -0.39 is 17.1 Å². The first-order valence-electron chi connectivity index (χ1n) is 7.91. The molecule has 1 aromatic heterocycles. The molecule has 0 saturated carbocycles. The SMILES string of the molecule is O=C(c1cc(F)cc(CCCNS(=O)O)c1)c1ccc2ncncc2c1. The number of carbonyl (C=O) groups excluding carboxylic acids is 1. The molecule has 2 N–H and O–H groups in total. The van der Waals surface area contributed by atoms with Crippen molar-refractivity contribution in [2.75, 3.05) is 6.54 Å². The third kappa shape index (κ3) is 4.54. The van der Waals surface area contributed by atoms with Crippen LogP contribution in [0.1, 0.15) is 27.9 Å². The molecule has 134 valence electrons. The average Bonchev–Trinajstić information content (AvgIpc) is 2.63. The second-order valence-corrected chi connectivity index (χ2v) is 6.51. The van der Waals surface area contributed by atoms with Crippen LogP contribution in [-0.2, 0) is 17.7 Å². The van der Waals surface area contributed by atoms with Crippen LogP contribution in [-0.4, -0.2) is 31.1 Å². The summed E-state index contributed by atoms with van der Waals surface area (Å²) < 4.78 is 35.5. The number of rotatable bonds is 7. The minimum Gasteiger partial charge on any atom is -0.294 e. The molecule has 0 aliphatic carbocycles. The van der Waals surface area contributed by atoms with Crippen molar-refractivity contribution in [1.82, 2.24) is 14.7 Å². The van der Waals surface area contributed by atoms with Gasteiger partial charge in [-0.1, -0.05) is 0 Å². The highest BCUT2D eigenvalue weighted by Crippen LogP contribution is 2.18. The van der Waals surface area contributed by atoms with E-state index in [1.807, 2.05) is 0 Å². The van der Waals surface area contributed by atoms with E-state index in [-0.39, 0.29) is 11.3 Å². The topological polar surface area (TPSA) is 92.2 Å². The van der Waals surface area contributed by atoms with Gasteiger partial charge in [0.1, 0.15) is 12.1 Å². The molecule has 8 heteroatoms. The van der Waals surface area contributed by atoms with Gasteiger partial charge in [0.25, 0.3) is 0 Å². The minimum absolute atomic E-state index is 0.259. The normalized spacial score (nSPS) is 12.2. The van der Waals surface area contributed by atoms with Crippen LogP contribution in [0.3, 0.4) is 0 Å². The zero-order valence-corrected chi connectivity index (χ0v) is 14.5. The second kappa shape index (κ2) is 8.22. The first-order valence-corrected chi connectivity index (χ1v) is 9.02. The summed E-state index contributed by atoms with van der Waals surface area (Å²) >= 11 is -2.06. The average molecular weight is 373 g/mol. The Morgan fingerprint density at radius 1 is 1.19 bits per heavy atom. The fraction of sp³-hybridized carbons (Fsp3) is 0.167. The van der Waals surface area contributed by atoms with Gasteiger partial charge >= 0.3 is 0 Å². The van der Waals surface area contributed by atoms with Crippen molar-refractivity contribution in [2.24, 2.45) is 0 Å². The molecule has 1 atom stereocenters. The van der Waals surface area contributed by atoms with Crippen LogP contribution >= 0.6 is 0 Å². The lowest BCUT2D eigenvalue weighted by Crippen LogP contribution is -2.17. The lowest BCUT2D eigenvalue weighted by Gasteiger charge is -2.07. The molecule has 0 aliphatic rings. The van der Waals surface area contributed by atoms with Crippen LogP contribution < -0.4 is 4.72 Å². The van der Waals surface area contributed by atoms with E-state index in [0.717, 1.165) is 10.9 Å². The summed E-state index contributed by atoms with van der Waals surface area (Å²) in [4.78, 5) is 20.8. The Balaban J connectivity index is 1.80. The van der Waals surface area contributed by atoms with Crippen molar-refractivity contribution < 1.29 is 17.9 Å². The molecule has 3 aromatic rings. The molecule has 0 bridgehead atoms. The predicted molar refractivity (Wildman–Crippen MR) is 96.5 cm³/mol. The van der Waals surface area contributed by atoms with E-state index in [0.29, 0.717) is 30.5 Å². The van der Waals surface area contributed by atoms with Crippen molar-refractivity contribution in [3.8, 4) is 0 Å². The van der Waals surface area contributed by atoms with Crippen LogP contribution in [0.25, 0.3) is 10.9 Å². The highest BCUT2D eigenvalue weighted by atomic mass is 32.2. The van der Waals surface area contributed by atoms with Gasteiger partial charge in [0, 0.05) is 29.3 Å². The largest absolute Gasteiger partial charge is 0.294 e. The van der Waals surface area contributed by atoms with Crippen LogP contribution in [0.15, 0.2) is 48.9 Å². The second-order valence-electron chi connectivity index (χ2n) is 5.72.